The highest BCUT2D eigenvalue weighted by Gasteiger charge is 2.18. The third-order valence-corrected chi connectivity index (χ3v) is 6.70. The number of aromatic amines is 2. The van der Waals surface area contributed by atoms with Crippen LogP contribution in [0.25, 0.3) is 55.3 Å². The summed E-state index contributed by atoms with van der Waals surface area (Å²) >= 11 is 1.41. The maximum atomic E-state index is 11.7. The molecule has 2 N–H and O–H groups in total. The van der Waals surface area contributed by atoms with Gasteiger partial charge in [0.2, 0.25) is 0 Å². The molecule has 0 saturated carbocycles. The zero-order valence-corrected chi connectivity index (χ0v) is 19.0. The lowest BCUT2D eigenvalue weighted by molar-refractivity contribution is 0.102. The smallest absolute Gasteiger partial charge is 0.169 e. The summed E-state index contributed by atoms with van der Waals surface area (Å²) in [6.07, 6.45) is 6.86. The number of pyridine rings is 3. The Balaban J connectivity index is 1.47. The minimum Gasteiger partial charge on any atom is -0.495 e. The SMILES string of the molecule is COc1cncc(-c2cc3c(-c4nc5c(-c6ccc(C(C)=O)s6)nccc5[nH]4)n[nH]c3cn2)c1. The fourth-order valence-electron chi connectivity index (χ4n) is 3.81. The Bertz CT molecular complexity index is 1700. The molecule has 0 aromatic carbocycles. The first-order valence-corrected chi connectivity index (χ1v) is 11.2. The number of carbonyl (C=O) groups excluding carboxylic acids is 1. The van der Waals surface area contributed by atoms with Gasteiger partial charge in [0.05, 0.1) is 46.0 Å². The Kier molecular flexibility index (Phi) is 4.66. The largest absolute Gasteiger partial charge is 0.495 e. The van der Waals surface area contributed by atoms with Gasteiger partial charge in [-0.1, -0.05) is 0 Å². The highest BCUT2D eigenvalue weighted by Crippen LogP contribution is 2.34. The quantitative estimate of drug-likeness (QED) is 0.346. The number of rotatable bonds is 5. The van der Waals surface area contributed by atoms with Gasteiger partial charge in [-0.2, -0.15) is 5.10 Å². The fourth-order valence-corrected chi connectivity index (χ4v) is 4.71. The lowest BCUT2D eigenvalue weighted by Gasteiger charge is -2.03. The van der Waals surface area contributed by atoms with Gasteiger partial charge in [0.1, 0.15) is 22.7 Å². The molecule has 0 bridgehead atoms. The standard InChI is InChI=1S/C24H17N7O2S/c1-12(32)19-3-4-20(34-19)23-22-16(5-6-26-23)28-24(29-22)21-15-8-17(27-11-18(15)30-31-21)13-7-14(33-2)10-25-9-13/h3-11H,1-2H3,(H,28,29)(H,30,31). The Labute approximate surface area is 196 Å². The van der Waals surface area contributed by atoms with Crippen molar-refractivity contribution in [2.45, 2.75) is 6.92 Å². The van der Waals surface area contributed by atoms with Crippen molar-refractivity contribution >= 4 is 39.1 Å². The summed E-state index contributed by atoms with van der Waals surface area (Å²) in [7, 11) is 1.60. The first-order chi connectivity index (χ1) is 16.6. The van der Waals surface area contributed by atoms with Gasteiger partial charge in [0.15, 0.2) is 11.6 Å². The first kappa shape index (κ1) is 20.2. The summed E-state index contributed by atoms with van der Waals surface area (Å²) in [6, 6.07) is 9.44. The molecular weight excluding hydrogens is 450 g/mol. The van der Waals surface area contributed by atoms with Gasteiger partial charge in [0.25, 0.3) is 0 Å². The van der Waals surface area contributed by atoms with E-state index in [-0.39, 0.29) is 5.78 Å². The van der Waals surface area contributed by atoms with Crippen LogP contribution in [0.15, 0.2) is 55.1 Å². The molecular formula is C24H17N7O2S. The molecule has 6 aromatic rings. The lowest BCUT2D eigenvalue weighted by Crippen LogP contribution is -1.89. The summed E-state index contributed by atoms with van der Waals surface area (Å²) in [5.41, 5.74) is 5.32. The number of ketones is 1. The molecule has 166 valence electrons. The number of Topliss-reactive ketones (excluding diaryl/α,β-unsaturated/α-hetero) is 1. The summed E-state index contributed by atoms with van der Waals surface area (Å²) in [5.74, 6) is 1.30. The average molecular weight is 468 g/mol. The number of nitrogens with one attached hydrogen (secondary N) is 2. The number of thiophene rings is 1. The van der Waals surface area contributed by atoms with Gasteiger partial charge < -0.3 is 9.72 Å². The first-order valence-electron chi connectivity index (χ1n) is 10.4. The molecule has 0 amide bonds. The van der Waals surface area contributed by atoms with E-state index in [1.54, 1.807) is 38.8 Å². The number of hydrogen-bond acceptors (Lipinski definition) is 8. The van der Waals surface area contributed by atoms with Gasteiger partial charge in [-0.15, -0.1) is 11.3 Å². The summed E-state index contributed by atoms with van der Waals surface area (Å²) < 4.78 is 5.29. The van der Waals surface area contributed by atoms with Gasteiger partial charge in [-0.05, 0) is 37.3 Å². The summed E-state index contributed by atoms with van der Waals surface area (Å²) in [4.78, 5) is 34.8. The van der Waals surface area contributed by atoms with Crippen molar-refractivity contribution in [3.8, 4) is 39.1 Å². The molecule has 6 aromatic heterocycles. The number of fused-ring (bicyclic) bond motifs is 2. The van der Waals surface area contributed by atoms with Crippen LogP contribution >= 0.6 is 11.3 Å². The van der Waals surface area contributed by atoms with Crippen molar-refractivity contribution in [3.63, 3.8) is 0 Å². The molecule has 34 heavy (non-hydrogen) atoms. The second-order valence-electron chi connectivity index (χ2n) is 7.66. The summed E-state index contributed by atoms with van der Waals surface area (Å²) in [6.45, 7) is 1.56. The average Bonchev–Trinajstić information content (AvgIpc) is 3.61. The van der Waals surface area contributed by atoms with Crippen LogP contribution < -0.4 is 4.74 Å². The number of methoxy groups -OCH3 is 1. The van der Waals surface area contributed by atoms with Gasteiger partial charge in [-0.25, -0.2) is 4.98 Å². The molecule has 0 aliphatic carbocycles. The van der Waals surface area contributed by atoms with E-state index in [1.807, 2.05) is 30.3 Å². The Morgan fingerprint density at radius 2 is 1.94 bits per heavy atom. The Morgan fingerprint density at radius 3 is 2.76 bits per heavy atom. The highest BCUT2D eigenvalue weighted by atomic mass is 32.1. The molecule has 0 radical (unpaired) electrons. The topological polar surface area (TPSA) is 122 Å². The Hall–Kier alpha value is -4.44. The van der Waals surface area contributed by atoms with Crippen molar-refractivity contribution in [2.75, 3.05) is 7.11 Å². The lowest BCUT2D eigenvalue weighted by atomic mass is 10.1. The number of hydrogen-bond donors (Lipinski definition) is 2. The second kappa shape index (κ2) is 7.85. The van der Waals surface area contributed by atoms with Crippen LogP contribution in [-0.4, -0.2) is 48.0 Å². The van der Waals surface area contributed by atoms with Gasteiger partial charge >= 0.3 is 0 Å². The van der Waals surface area contributed by atoms with E-state index in [1.165, 1.54) is 11.3 Å². The van der Waals surface area contributed by atoms with Crippen molar-refractivity contribution in [1.82, 2.24) is 35.1 Å². The predicted octanol–water partition coefficient (Wildman–Crippen LogP) is 4.90. The highest BCUT2D eigenvalue weighted by molar-refractivity contribution is 7.17. The van der Waals surface area contributed by atoms with E-state index in [4.69, 9.17) is 9.72 Å². The fraction of sp³-hybridized carbons (Fsp3) is 0.0833. The number of imidazole rings is 1. The summed E-state index contributed by atoms with van der Waals surface area (Å²) in [5, 5.41) is 8.40. The molecule has 0 spiro atoms. The van der Waals surface area contributed by atoms with E-state index in [0.29, 0.717) is 22.1 Å². The van der Waals surface area contributed by atoms with E-state index in [9.17, 15) is 4.79 Å². The minimum atomic E-state index is 0.0322. The molecule has 0 saturated heterocycles. The molecule has 0 unspecified atom stereocenters. The zero-order valence-electron chi connectivity index (χ0n) is 18.2. The molecule has 0 fully saturated rings. The van der Waals surface area contributed by atoms with E-state index in [0.717, 1.165) is 43.8 Å². The number of H-pyrrole nitrogens is 2. The number of nitrogens with zero attached hydrogens (tertiary/aromatic N) is 5. The monoisotopic (exact) mass is 467 g/mol. The van der Waals surface area contributed by atoms with E-state index in [2.05, 4.69) is 30.1 Å². The van der Waals surface area contributed by atoms with Crippen LogP contribution in [0.4, 0.5) is 0 Å². The van der Waals surface area contributed by atoms with Crippen LogP contribution in [-0.2, 0) is 0 Å². The third kappa shape index (κ3) is 3.32. The number of ether oxygens (including phenoxy) is 1. The molecule has 9 nitrogen and oxygen atoms in total. The third-order valence-electron chi connectivity index (χ3n) is 5.50. The molecule has 6 rings (SSSR count). The molecule has 0 atom stereocenters. The van der Waals surface area contributed by atoms with Crippen LogP contribution in [0.1, 0.15) is 16.6 Å². The maximum absolute atomic E-state index is 11.7. The van der Waals surface area contributed by atoms with Crippen LogP contribution in [0.5, 0.6) is 5.75 Å². The number of carbonyl (C=O) groups is 1. The van der Waals surface area contributed by atoms with Crippen molar-refractivity contribution in [1.29, 1.82) is 0 Å². The van der Waals surface area contributed by atoms with E-state index < -0.39 is 0 Å². The maximum Gasteiger partial charge on any atom is 0.169 e. The predicted molar refractivity (Wildman–Crippen MR) is 130 cm³/mol. The second-order valence-corrected chi connectivity index (χ2v) is 8.75. The molecule has 0 aliphatic heterocycles. The van der Waals surface area contributed by atoms with Crippen LogP contribution in [0.3, 0.4) is 0 Å². The normalized spacial score (nSPS) is 11.4. The van der Waals surface area contributed by atoms with Crippen molar-refractivity contribution < 1.29 is 9.53 Å². The molecule has 0 aliphatic rings. The van der Waals surface area contributed by atoms with Crippen molar-refractivity contribution in [3.05, 3.63) is 60.0 Å². The van der Waals surface area contributed by atoms with E-state index >= 15 is 0 Å². The molecule has 6 heterocycles. The van der Waals surface area contributed by atoms with Crippen molar-refractivity contribution in [2.24, 2.45) is 0 Å². The van der Waals surface area contributed by atoms with Crippen LogP contribution in [0, 0.1) is 0 Å². The zero-order chi connectivity index (χ0) is 23.2. The van der Waals surface area contributed by atoms with Crippen LogP contribution in [0.2, 0.25) is 0 Å². The molecule has 10 heteroatoms. The van der Waals surface area contributed by atoms with Gasteiger partial charge in [-0.3, -0.25) is 24.8 Å². The van der Waals surface area contributed by atoms with Gasteiger partial charge in [0, 0.05) is 23.3 Å². The Morgan fingerprint density at radius 1 is 1.03 bits per heavy atom. The number of aromatic nitrogens is 7. The minimum absolute atomic E-state index is 0.0322.